The summed E-state index contributed by atoms with van der Waals surface area (Å²) in [6, 6.07) is 14.7. The third kappa shape index (κ3) is 3.06. The number of hydrogen-bond acceptors (Lipinski definition) is 3. The molecule has 0 aliphatic heterocycles. The van der Waals surface area contributed by atoms with Gasteiger partial charge >= 0.3 is 0 Å². The lowest BCUT2D eigenvalue weighted by Gasteiger charge is -2.48. The van der Waals surface area contributed by atoms with E-state index in [1.165, 1.54) is 17.5 Å². The Labute approximate surface area is 173 Å². The second-order valence-electron chi connectivity index (χ2n) is 9.31. The molecule has 3 nitrogen and oxygen atoms in total. The van der Waals surface area contributed by atoms with Crippen LogP contribution in [0.1, 0.15) is 61.6 Å². The van der Waals surface area contributed by atoms with E-state index in [-0.39, 0.29) is 5.41 Å². The number of methoxy groups -OCH3 is 1. The molecule has 0 spiro atoms. The first kappa shape index (κ1) is 18.7. The number of aryl methyl sites for hydroxylation is 1. The van der Waals surface area contributed by atoms with Crippen LogP contribution in [0.5, 0.6) is 11.5 Å². The summed E-state index contributed by atoms with van der Waals surface area (Å²) < 4.78 is 11.9. The molecule has 0 radical (unpaired) electrons. The largest absolute Gasteiger partial charge is 0.493 e. The SMILES string of the molecule is COc1cc2c(cc1OCc1ccccc1)CC[C@@H]1[C@@H]2CC[C@]2(C)C(=O)CC[C@@H]12. The van der Waals surface area contributed by atoms with Gasteiger partial charge in [-0.25, -0.2) is 0 Å². The van der Waals surface area contributed by atoms with E-state index in [9.17, 15) is 4.79 Å². The van der Waals surface area contributed by atoms with Gasteiger partial charge in [-0.15, -0.1) is 0 Å². The van der Waals surface area contributed by atoms with Crippen LogP contribution in [0.2, 0.25) is 0 Å². The fourth-order valence-electron chi connectivity index (χ4n) is 6.36. The molecular formula is C26H30O3. The van der Waals surface area contributed by atoms with E-state index >= 15 is 0 Å². The van der Waals surface area contributed by atoms with E-state index in [1.54, 1.807) is 7.11 Å². The second kappa shape index (κ2) is 7.19. The van der Waals surface area contributed by atoms with E-state index in [0.29, 0.717) is 30.1 Å². The van der Waals surface area contributed by atoms with Crippen LogP contribution in [-0.4, -0.2) is 12.9 Å². The van der Waals surface area contributed by atoms with Gasteiger partial charge in [0.2, 0.25) is 0 Å². The van der Waals surface area contributed by atoms with E-state index in [4.69, 9.17) is 9.47 Å². The molecule has 4 atom stereocenters. The maximum atomic E-state index is 12.5. The van der Waals surface area contributed by atoms with E-state index in [0.717, 1.165) is 49.2 Å². The highest BCUT2D eigenvalue weighted by Gasteiger charge is 2.54. The van der Waals surface area contributed by atoms with Crippen molar-refractivity contribution in [3.05, 3.63) is 59.2 Å². The average molecular weight is 391 g/mol. The minimum Gasteiger partial charge on any atom is -0.493 e. The number of ether oxygens (including phenoxy) is 2. The number of rotatable bonds is 4. The molecule has 3 aliphatic rings. The van der Waals surface area contributed by atoms with Crippen molar-refractivity contribution in [2.24, 2.45) is 17.3 Å². The molecule has 0 saturated heterocycles. The molecule has 5 rings (SSSR count). The fourth-order valence-corrected chi connectivity index (χ4v) is 6.36. The number of Topliss-reactive ketones (excluding diaryl/α,β-unsaturated/α-hetero) is 1. The standard InChI is InChI=1S/C26H30O3/c1-26-13-12-19-20(22(26)10-11-25(26)27)9-8-18-14-24(23(28-2)15-21(18)19)29-16-17-6-4-3-5-7-17/h3-7,14-15,19-20,22H,8-13,16H2,1-2H3/t19-,20+,22-,26-/m0/s1. The molecule has 3 aliphatic carbocycles. The van der Waals surface area contributed by atoms with Crippen molar-refractivity contribution in [3.63, 3.8) is 0 Å². The summed E-state index contributed by atoms with van der Waals surface area (Å²) in [5, 5.41) is 0. The second-order valence-corrected chi connectivity index (χ2v) is 9.31. The minimum absolute atomic E-state index is 0.0680. The number of fused-ring (bicyclic) bond motifs is 5. The highest BCUT2D eigenvalue weighted by atomic mass is 16.5. The third-order valence-electron chi connectivity index (χ3n) is 7.96. The predicted octanol–water partition coefficient (Wildman–Crippen LogP) is 5.70. The van der Waals surface area contributed by atoms with Crippen LogP contribution in [-0.2, 0) is 17.8 Å². The summed E-state index contributed by atoms with van der Waals surface area (Å²) >= 11 is 0. The predicted molar refractivity (Wildman–Crippen MR) is 113 cm³/mol. The molecule has 29 heavy (non-hydrogen) atoms. The summed E-state index contributed by atoms with van der Waals surface area (Å²) in [6.07, 6.45) is 6.28. The quantitative estimate of drug-likeness (QED) is 0.672. The molecule has 2 aromatic rings. The van der Waals surface area contributed by atoms with Crippen LogP contribution in [0.15, 0.2) is 42.5 Å². The Kier molecular flexibility index (Phi) is 4.64. The lowest BCUT2D eigenvalue weighted by Crippen LogP contribution is -2.42. The monoisotopic (exact) mass is 390 g/mol. The fraction of sp³-hybridized carbons (Fsp3) is 0.500. The van der Waals surface area contributed by atoms with Crippen LogP contribution in [0.4, 0.5) is 0 Å². The summed E-state index contributed by atoms with van der Waals surface area (Å²) in [7, 11) is 1.73. The van der Waals surface area contributed by atoms with Gasteiger partial charge in [0, 0.05) is 11.8 Å². The van der Waals surface area contributed by atoms with Crippen LogP contribution in [0.25, 0.3) is 0 Å². The van der Waals surface area contributed by atoms with Gasteiger partial charge in [-0.2, -0.15) is 0 Å². The topological polar surface area (TPSA) is 35.5 Å². The maximum Gasteiger partial charge on any atom is 0.161 e. The maximum absolute atomic E-state index is 12.5. The molecular weight excluding hydrogens is 360 g/mol. The Morgan fingerprint density at radius 1 is 1.03 bits per heavy atom. The molecule has 3 heteroatoms. The first-order chi connectivity index (χ1) is 14.1. The number of carbonyl (C=O) groups excluding carboxylic acids is 1. The molecule has 2 aromatic carbocycles. The van der Waals surface area contributed by atoms with Crippen molar-refractivity contribution in [2.75, 3.05) is 7.11 Å². The zero-order valence-corrected chi connectivity index (χ0v) is 17.4. The molecule has 0 amide bonds. The Bertz CT molecular complexity index is 919. The molecule has 0 unspecified atom stereocenters. The van der Waals surface area contributed by atoms with E-state index in [1.807, 2.05) is 18.2 Å². The van der Waals surface area contributed by atoms with Crippen molar-refractivity contribution in [1.29, 1.82) is 0 Å². The zero-order chi connectivity index (χ0) is 20.0. The van der Waals surface area contributed by atoms with Crippen LogP contribution in [0, 0.1) is 17.3 Å². The van der Waals surface area contributed by atoms with Crippen molar-refractivity contribution >= 4 is 5.78 Å². The van der Waals surface area contributed by atoms with Gasteiger partial charge in [-0.05, 0) is 78.7 Å². The van der Waals surface area contributed by atoms with Gasteiger partial charge in [0.25, 0.3) is 0 Å². The number of ketones is 1. The summed E-state index contributed by atoms with van der Waals surface area (Å²) in [5.41, 5.74) is 3.93. The van der Waals surface area contributed by atoms with Crippen molar-refractivity contribution in [3.8, 4) is 11.5 Å². The first-order valence-corrected chi connectivity index (χ1v) is 11.0. The van der Waals surface area contributed by atoms with Crippen LogP contribution >= 0.6 is 0 Å². The minimum atomic E-state index is -0.0680. The summed E-state index contributed by atoms with van der Waals surface area (Å²) in [4.78, 5) is 12.5. The molecule has 0 N–H and O–H groups in total. The lowest BCUT2D eigenvalue weighted by molar-refractivity contribution is -0.129. The normalized spacial score (nSPS) is 30.3. The zero-order valence-electron chi connectivity index (χ0n) is 17.4. The number of hydrogen-bond donors (Lipinski definition) is 0. The first-order valence-electron chi connectivity index (χ1n) is 11.0. The molecule has 2 saturated carbocycles. The van der Waals surface area contributed by atoms with Gasteiger partial charge in [0.05, 0.1) is 7.11 Å². The van der Waals surface area contributed by atoms with Crippen molar-refractivity contribution < 1.29 is 14.3 Å². The third-order valence-corrected chi connectivity index (χ3v) is 7.96. The van der Waals surface area contributed by atoms with E-state index in [2.05, 4.69) is 31.2 Å². The molecule has 2 fully saturated rings. The Hall–Kier alpha value is -2.29. The van der Waals surface area contributed by atoms with Crippen LogP contribution < -0.4 is 9.47 Å². The number of carbonyl (C=O) groups is 1. The van der Waals surface area contributed by atoms with Gasteiger partial charge < -0.3 is 9.47 Å². The van der Waals surface area contributed by atoms with Gasteiger partial charge in [-0.3, -0.25) is 4.79 Å². The Balaban J connectivity index is 1.42. The van der Waals surface area contributed by atoms with Gasteiger partial charge in [0.15, 0.2) is 11.5 Å². The molecule has 0 bridgehead atoms. The van der Waals surface area contributed by atoms with Crippen LogP contribution in [0.3, 0.4) is 0 Å². The highest BCUT2D eigenvalue weighted by Crippen LogP contribution is 2.60. The van der Waals surface area contributed by atoms with Crippen molar-refractivity contribution in [2.45, 2.75) is 58.0 Å². The Morgan fingerprint density at radius 2 is 1.86 bits per heavy atom. The van der Waals surface area contributed by atoms with Crippen molar-refractivity contribution in [1.82, 2.24) is 0 Å². The Morgan fingerprint density at radius 3 is 2.66 bits per heavy atom. The van der Waals surface area contributed by atoms with E-state index < -0.39 is 0 Å². The lowest BCUT2D eigenvalue weighted by atomic mass is 9.55. The van der Waals surface area contributed by atoms with Gasteiger partial charge in [0.1, 0.15) is 12.4 Å². The summed E-state index contributed by atoms with van der Waals surface area (Å²) in [5.74, 6) is 3.92. The average Bonchev–Trinajstić information content (AvgIpc) is 3.06. The molecule has 152 valence electrons. The summed E-state index contributed by atoms with van der Waals surface area (Å²) in [6.45, 7) is 2.78. The highest BCUT2D eigenvalue weighted by molar-refractivity contribution is 5.87. The van der Waals surface area contributed by atoms with Gasteiger partial charge in [-0.1, -0.05) is 37.3 Å². The molecule has 0 heterocycles. The molecule has 0 aromatic heterocycles. The smallest absolute Gasteiger partial charge is 0.161 e. The number of benzene rings is 2.